The van der Waals surface area contributed by atoms with Crippen molar-refractivity contribution in [1.82, 2.24) is 19.4 Å². The van der Waals surface area contributed by atoms with Crippen LogP contribution < -0.4 is 5.56 Å². The van der Waals surface area contributed by atoms with Gasteiger partial charge >= 0.3 is 0 Å². The van der Waals surface area contributed by atoms with E-state index in [1.54, 1.807) is 12.4 Å². The number of hydrogen-bond donors (Lipinski definition) is 0. The molecule has 5 heterocycles. The van der Waals surface area contributed by atoms with Crippen LogP contribution in [0.3, 0.4) is 0 Å². The van der Waals surface area contributed by atoms with Gasteiger partial charge in [0.05, 0.1) is 0 Å². The minimum atomic E-state index is 0.187. The first-order valence-corrected chi connectivity index (χ1v) is 11.3. The molecule has 6 heteroatoms. The number of pyridine rings is 2. The maximum Gasteiger partial charge on any atom is 0.255 e. The zero-order chi connectivity index (χ0) is 20.5. The summed E-state index contributed by atoms with van der Waals surface area (Å²) >= 11 is 0. The number of nitrogens with zero attached hydrogens (tertiary/aromatic N) is 4. The molecule has 5 rings (SSSR count). The lowest BCUT2D eigenvalue weighted by Crippen LogP contribution is -2.49. The van der Waals surface area contributed by atoms with E-state index in [9.17, 15) is 9.59 Å². The van der Waals surface area contributed by atoms with Crippen LogP contribution in [0.15, 0.2) is 41.5 Å². The lowest BCUT2D eigenvalue weighted by molar-refractivity contribution is -0.133. The van der Waals surface area contributed by atoms with Crippen molar-refractivity contribution in [2.75, 3.05) is 26.2 Å². The number of piperidine rings is 1. The zero-order valence-corrected chi connectivity index (χ0v) is 17.5. The summed E-state index contributed by atoms with van der Waals surface area (Å²) in [7, 11) is 0. The van der Waals surface area contributed by atoms with Crippen LogP contribution in [0.2, 0.25) is 0 Å². The molecule has 2 atom stereocenters. The van der Waals surface area contributed by atoms with E-state index in [1.165, 1.54) is 12.8 Å². The molecule has 30 heavy (non-hydrogen) atoms. The van der Waals surface area contributed by atoms with Gasteiger partial charge in [0.2, 0.25) is 5.91 Å². The molecule has 0 saturated carbocycles. The highest BCUT2D eigenvalue weighted by atomic mass is 16.2. The van der Waals surface area contributed by atoms with Crippen molar-refractivity contribution in [2.24, 2.45) is 5.92 Å². The van der Waals surface area contributed by atoms with Crippen molar-refractivity contribution >= 4 is 5.91 Å². The Bertz CT molecular complexity index is 965. The van der Waals surface area contributed by atoms with Gasteiger partial charge in [0.1, 0.15) is 0 Å². The minimum absolute atomic E-state index is 0.187. The van der Waals surface area contributed by atoms with E-state index in [1.807, 2.05) is 27.7 Å². The molecule has 2 aromatic heterocycles. The molecule has 0 aromatic carbocycles. The van der Waals surface area contributed by atoms with Crippen LogP contribution in [0.1, 0.15) is 48.4 Å². The summed E-state index contributed by atoms with van der Waals surface area (Å²) in [5.74, 6) is 0.875. The van der Waals surface area contributed by atoms with Crippen molar-refractivity contribution in [3.8, 4) is 0 Å². The monoisotopic (exact) mass is 406 g/mol. The lowest BCUT2D eigenvalue weighted by Gasteiger charge is -2.43. The van der Waals surface area contributed by atoms with Gasteiger partial charge in [-0.15, -0.1) is 0 Å². The van der Waals surface area contributed by atoms with E-state index >= 15 is 0 Å². The molecule has 2 fully saturated rings. The van der Waals surface area contributed by atoms with E-state index in [0.29, 0.717) is 12.3 Å². The highest BCUT2D eigenvalue weighted by Crippen LogP contribution is 2.35. The number of hydrogen-bond acceptors (Lipinski definition) is 4. The molecule has 0 unspecified atom stereocenters. The Morgan fingerprint density at radius 1 is 1.03 bits per heavy atom. The predicted molar refractivity (Wildman–Crippen MR) is 115 cm³/mol. The van der Waals surface area contributed by atoms with E-state index in [-0.39, 0.29) is 17.4 Å². The second-order valence-electron chi connectivity index (χ2n) is 9.14. The number of rotatable bonds is 5. The Kier molecular flexibility index (Phi) is 5.42. The van der Waals surface area contributed by atoms with E-state index < -0.39 is 0 Å². The van der Waals surface area contributed by atoms with Crippen molar-refractivity contribution < 1.29 is 4.79 Å². The molecule has 6 nitrogen and oxygen atoms in total. The molecular weight excluding hydrogens is 376 g/mol. The Morgan fingerprint density at radius 3 is 2.63 bits per heavy atom. The number of fused-ring (bicyclic) bond motifs is 4. The third kappa shape index (κ3) is 3.93. The van der Waals surface area contributed by atoms with Crippen LogP contribution in [0.4, 0.5) is 0 Å². The molecule has 3 aliphatic rings. The van der Waals surface area contributed by atoms with Gasteiger partial charge in [0.25, 0.3) is 5.56 Å². The average molecular weight is 407 g/mol. The smallest absolute Gasteiger partial charge is 0.255 e. The molecule has 1 amide bonds. The van der Waals surface area contributed by atoms with Gasteiger partial charge in [-0.3, -0.25) is 19.5 Å². The number of carbonyl (C=O) groups excluding carboxylic acids is 1. The summed E-state index contributed by atoms with van der Waals surface area (Å²) < 4.78 is 2.02. The second kappa shape index (κ2) is 8.34. The fourth-order valence-corrected chi connectivity index (χ4v) is 5.46. The molecule has 0 radical (unpaired) electrons. The van der Waals surface area contributed by atoms with Gasteiger partial charge in [-0.1, -0.05) is 6.07 Å². The summed E-state index contributed by atoms with van der Waals surface area (Å²) in [5.41, 5.74) is 3.38. The van der Waals surface area contributed by atoms with Gasteiger partial charge in [0, 0.05) is 62.2 Å². The molecule has 2 aromatic rings. The van der Waals surface area contributed by atoms with E-state index in [2.05, 4.69) is 16.0 Å². The third-order valence-electron chi connectivity index (χ3n) is 7.01. The number of aryl methyl sites for hydroxylation is 1. The van der Waals surface area contributed by atoms with Gasteiger partial charge < -0.3 is 9.47 Å². The maximum atomic E-state index is 13.2. The molecule has 3 aliphatic heterocycles. The first kappa shape index (κ1) is 19.5. The van der Waals surface area contributed by atoms with Gasteiger partial charge in [-0.2, -0.15) is 0 Å². The normalized spacial score (nSPS) is 23.4. The zero-order valence-electron chi connectivity index (χ0n) is 17.5. The third-order valence-corrected chi connectivity index (χ3v) is 7.01. The van der Waals surface area contributed by atoms with Gasteiger partial charge in [-0.25, -0.2) is 0 Å². The SMILES string of the molecule is O=C(CCc1ccncc1)N1C[C@@H]2C[C@H](C1)c1ccc(CN3CCCC3)c(=O)n1C2. The Labute approximate surface area is 177 Å². The first-order chi connectivity index (χ1) is 14.7. The van der Waals surface area contributed by atoms with Crippen LogP contribution in [0, 0.1) is 5.92 Å². The van der Waals surface area contributed by atoms with E-state index in [4.69, 9.17) is 0 Å². The number of likely N-dealkylation sites (tertiary alicyclic amines) is 2. The summed E-state index contributed by atoms with van der Waals surface area (Å²) in [6.07, 6.45) is 8.39. The Hall–Kier alpha value is -2.47. The van der Waals surface area contributed by atoms with Crippen LogP contribution >= 0.6 is 0 Å². The summed E-state index contributed by atoms with van der Waals surface area (Å²) in [4.78, 5) is 34.5. The second-order valence-corrected chi connectivity index (χ2v) is 9.14. The largest absolute Gasteiger partial charge is 0.342 e. The maximum absolute atomic E-state index is 13.2. The number of carbonyl (C=O) groups is 1. The molecule has 2 saturated heterocycles. The Morgan fingerprint density at radius 2 is 1.83 bits per heavy atom. The molecular formula is C24H30N4O2. The Balaban J connectivity index is 1.28. The van der Waals surface area contributed by atoms with Crippen molar-refractivity contribution in [1.29, 1.82) is 0 Å². The van der Waals surface area contributed by atoms with Crippen molar-refractivity contribution in [2.45, 2.75) is 51.1 Å². The lowest BCUT2D eigenvalue weighted by atomic mass is 9.82. The van der Waals surface area contributed by atoms with Crippen LogP contribution in [0.25, 0.3) is 0 Å². The summed E-state index contributed by atoms with van der Waals surface area (Å²) in [5, 5.41) is 0. The highest BCUT2D eigenvalue weighted by Gasteiger charge is 2.36. The molecule has 0 spiro atoms. The molecule has 0 aliphatic carbocycles. The van der Waals surface area contributed by atoms with Crippen molar-refractivity contribution in [3.63, 3.8) is 0 Å². The summed E-state index contributed by atoms with van der Waals surface area (Å²) in [6.45, 7) is 5.22. The quantitative estimate of drug-likeness (QED) is 0.765. The first-order valence-electron chi connectivity index (χ1n) is 11.3. The van der Waals surface area contributed by atoms with Gasteiger partial charge in [0.15, 0.2) is 0 Å². The molecule has 158 valence electrons. The van der Waals surface area contributed by atoms with Crippen molar-refractivity contribution in [3.05, 3.63) is 63.8 Å². The van der Waals surface area contributed by atoms with Crippen LogP contribution in [-0.4, -0.2) is 51.4 Å². The molecule has 0 N–H and O–H groups in total. The van der Waals surface area contributed by atoms with Crippen LogP contribution in [-0.2, 0) is 24.3 Å². The summed E-state index contributed by atoms with van der Waals surface area (Å²) in [6, 6.07) is 8.14. The van der Waals surface area contributed by atoms with Crippen LogP contribution in [0.5, 0.6) is 0 Å². The minimum Gasteiger partial charge on any atom is -0.342 e. The highest BCUT2D eigenvalue weighted by molar-refractivity contribution is 5.76. The fraction of sp³-hybridized carbons (Fsp3) is 0.542. The predicted octanol–water partition coefficient (Wildman–Crippen LogP) is 2.42. The topological polar surface area (TPSA) is 58.4 Å². The molecule has 2 bridgehead atoms. The number of aromatic nitrogens is 2. The average Bonchev–Trinajstić information content (AvgIpc) is 3.28. The van der Waals surface area contributed by atoms with Gasteiger partial charge in [-0.05, 0) is 68.5 Å². The fourth-order valence-electron chi connectivity index (χ4n) is 5.46. The standard InChI is InChI=1S/C24H30N4O2/c29-23(6-3-18-7-9-25-10-8-18)27-14-19-13-21(17-27)22-5-4-20(24(30)28(22)15-19)16-26-11-1-2-12-26/h4-5,7-10,19,21H,1-3,6,11-17H2/t19-,21+/m0/s1. The van der Waals surface area contributed by atoms with E-state index in [0.717, 1.165) is 68.9 Å². The number of amides is 1.